The third kappa shape index (κ3) is 2.77. The van der Waals surface area contributed by atoms with E-state index in [9.17, 15) is 0 Å². The minimum absolute atomic E-state index is 0. The lowest BCUT2D eigenvalue weighted by Gasteiger charge is -2.21. The molecule has 1 aromatic rings. The zero-order chi connectivity index (χ0) is 10.1. The number of rotatable bonds is 2. The Morgan fingerprint density at radius 1 is 1.53 bits per heavy atom. The number of halogens is 2. The smallest absolute Gasteiger partial charge is 0.0426 e. The summed E-state index contributed by atoms with van der Waals surface area (Å²) < 4.78 is 0. The van der Waals surface area contributed by atoms with Crippen molar-refractivity contribution in [3.05, 3.63) is 28.8 Å². The van der Waals surface area contributed by atoms with E-state index >= 15 is 0 Å². The predicted octanol–water partition coefficient (Wildman–Crippen LogP) is 2.47. The fraction of sp³-hybridized carbons (Fsp3) is 0.455. The summed E-state index contributed by atoms with van der Waals surface area (Å²) >= 11 is 5.97. The molecule has 1 aliphatic rings. The Hall–Kier alpha value is -0.440. The highest BCUT2D eigenvalue weighted by Gasteiger charge is 2.19. The molecule has 1 heterocycles. The Morgan fingerprint density at radius 3 is 2.93 bits per heavy atom. The van der Waals surface area contributed by atoms with Crippen LogP contribution in [0.3, 0.4) is 0 Å². The maximum absolute atomic E-state index is 5.97. The van der Waals surface area contributed by atoms with Gasteiger partial charge < -0.3 is 10.6 Å². The number of fused-ring (bicyclic) bond motifs is 1. The first-order valence-electron chi connectivity index (χ1n) is 4.96. The topological polar surface area (TPSA) is 29.3 Å². The molecular weight excluding hydrogens is 231 g/mol. The summed E-state index contributed by atoms with van der Waals surface area (Å²) in [6.45, 7) is 4.01. The summed E-state index contributed by atoms with van der Waals surface area (Å²) in [4.78, 5) is 2.31. The molecule has 84 valence electrons. The van der Waals surface area contributed by atoms with E-state index in [0.29, 0.717) is 0 Å². The largest absolute Gasteiger partial charge is 0.369 e. The van der Waals surface area contributed by atoms with Crippen LogP contribution >= 0.6 is 24.0 Å². The van der Waals surface area contributed by atoms with Gasteiger partial charge in [-0.05, 0) is 31.0 Å². The average molecular weight is 247 g/mol. The van der Waals surface area contributed by atoms with Gasteiger partial charge in [0.2, 0.25) is 0 Å². The summed E-state index contributed by atoms with van der Waals surface area (Å²) in [6.07, 6.45) is 1.11. The van der Waals surface area contributed by atoms with E-state index in [4.69, 9.17) is 17.3 Å². The second-order valence-corrected chi connectivity index (χ2v) is 4.38. The molecule has 0 aliphatic carbocycles. The third-order valence-electron chi connectivity index (χ3n) is 2.55. The lowest BCUT2D eigenvalue weighted by molar-refractivity contribution is 0.693. The standard InChI is InChI=1S/C11H15ClN2.ClH/c1-8(13)7-14-5-4-9-2-3-10(12)6-11(9)14;/h2-3,6,8H,4-5,7,13H2,1H3;1H. The molecule has 1 atom stereocenters. The van der Waals surface area contributed by atoms with Gasteiger partial charge in [-0.1, -0.05) is 17.7 Å². The molecule has 0 amide bonds. The first-order valence-corrected chi connectivity index (χ1v) is 5.33. The van der Waals surface area contributed by atoms with Crippen LogP contribution in [0, 0.1) is 0 Å². The van der Waals surface area contributed by atoms with Crippen molar-refractivity contribution >= 4 is 29.7 Å². The lowest BCUT2D eigenvalue weighted by atomic mass is 10.2. The molecule has 1 unspecified atom stereocenters. The molecule has 0 aromatic heterocycles. The van der Waals surface area contributed by atoms with Crippen LogP contribution in [0.15, 0.2) is 18.2 Å². The molecule has 1 aliphatic heterocycles. The van der Waals surface area contributed by atoms with Crippen molar-refractivity contribution in [1.29, 1.82) is 0 Å². The lowest BCUT2D eigenvalue weighted by Crippen LogP contribution is -2.34. The van der Waals surface area contributed by atoms with Crippen LogP contribution in [-0.4, -0.2) is 19.1 Å². The molecule has 2 nitrogen and oxygen atoms in total. The SMILES string of the molecule is CC(N)CN1CCc2ccc(Cl)cc21.Cl. The Morgan fingerprint density at radius 2 is 2.27 bits per heavy atom. The molecule has 4 heteroatoms. The molecule has 0 bridgehead atoms. The van der Waals surface area contributed by atoms with E-state index in [1.807, 2.05) is 19.1 Å². The van der Waals surface area contributed by atoms with Gasteiger partial charge in [0.25, 0.3) is 0 Å². The number of hydrogen-bond acceptors (Lipinski definition) is 2. The summed E-state index contributed by atoms with van der Waals surface area (Å²) in [5.41, 5.74) is 8.44. The van der Waals surface area contributed by atoms with Crippen LogP contribution in [0.4, 0.5) is 5.69 Å². The molecule has 0 saturated carbocycles. The summed E-state index contributed by atoms with van der Waals surface area (Å²) in [5, 5.41) is 0.806. The zero-order valence-electron chi connectivity index (χ0n) is 8.74. The fourth-order valence-corrected chi connectivity index (χ4v) is 2.12. The van der Waals surface area contributed by atoms with Crippen LogP contribution < -0.4 is 10.6 Å². The van der Waals surface area contributed by atoms with Crippen molar-refractivity contribution < 1.29 is 0 Å². The molecule has 0 spiro atoms. The Balaban J connectivity index is 0.00000112. The predicted molar refractivity (Wildman–Crippen MR) is 68.3 cm³/mol. The first-order chi connectivity index (χ1) is 6.66. The van der Waals surface area contributed by atoms with Gasteiger partial charge >= 0.3 is 0 Å². The second-order valence-electron chi connectivity index (χ2n) is 3.95. The number of nitrogens with two attached hydrogens (primary N) is 1. The second kappa shape index (κ2) is 5.06. The van der Waals surface area contributed by atoms with E-state index in [-0.39, 0.29) is 18.4 Å². The average Bonchev–Trinajstić information content (AvgIpc) is 2.47. The highest BCUT2D eigenvalue weighted by atomic mass is 35.5. The van der Waals surface area contributed by atoms with Gasteiger partial charge in [-0.15, -0.1) is 12.4 Å². The van der Waals surface area contributed by atoms with Crippen molar-refractivity contribution in [2.45, 2.75) is 19.4 Å². The first kappa shape index (κ1) is 12.6. The summed E-state index contributed by atoms with van der Waals surface area (Å²) in [7, 11) is 0. The third-order valence-corrected chi connectivity index (χ3v) is 2.78. The molecule has 1 aromatic carbocycles. The number of nitrogens with zero attached hydrogens (tertiary/aromatic N) is 1. The fourth-order valence-electron chi connectivity index (χ4n) is 1.96. The van der Waals surface area contributed by atoms with E-state index in [1.165, 1.54) is 11.3 Å². The van der Waals surface area contributed by atoms with Crippen molar-refractivity contribution in [1.82, 2.24) is 0 Å². The van der Waals surface area contributed by atoms with Gasteiger partial charge in [-0.25, -0.2) is 0 Å². The molecular formula is C11H16Cl2N2. The quantitative estimate of drug-likeness (QED) is 0.869. The maximum Gasteiger partial charge on any atom is 0.0426 e. The van der Waals surface area contributed by atoms with Crippen LogP contribution in [0.2, 0.25) is 5.02 Å². The van der Waals surface area contributed by atoms with Gasteiger partial charge in [-0.2, -0.15) is 0 Å². The molecule has 0 saturated heterocycles. The van der Waals surface area contributed by atoms with Crippen LogP contribution in [0.25, 0.3) is 0 Å². The molecule has 0 radical (unpaired) electrons. The molecule has 0 fully saturated rings. The highest BCUT2D eigenvalue weighted by molar-refractivity contribution is 6.30. The highest BCUT2D eigenvalue weighted by Crippen LogP contribution is 2.30. The maximum atomic E-state index is 5.97. The number of benzene rings is 1. The Kier molecular flexibility index (Phi) is 4.26. The number of hydrogen-bond donors (Lipinski definition) is 1. The molecule has 15 heavy (non-hydrogen) atoms. The van der Waals surface area contributed by atoms with Gasteiger partial charge in [0.15, 0.2) is 0 Å². The summed E-state index contributed by atoms with van der Waals surface area (Å²) in [5.74, 6) is 0. The van der Waals surface area contributed by atoms with Crippen LogP contribution in [-0.2, 0) is 6.42 Å². The van der Waals surface area contributed by atoms with Gasteiger partial charge in [0.1, 0.15) is 0 Å². The van der Waals surface area contributed by atoms with Crippen molar-refractivity contribution in [3.63, 3.8) is 0 Å². The van der Waals surface area contributed by atoms with Crippen LogP contribution in [0.5, 0.6) is 0 Å². The molecule has 2 N–H and O–H groups in total. The number of anilines is 1. The summed E-state index contributed by atoms with van der Waals surface area (Å²) in [6, 6.07) is 6.31. The minimum Gasteiger partial charge on any atom is -0.369 e. The Labute approximate surface area is 102 Å². The van der Waals surface area contributed by atoms with Gasteiger partial charge in [0, 0.05) is 29.8 Å². The normalized spacial score (nSPS) is 15.8. The minimum atomic E-state index is 0. The van der Waals surface area contributed by atoms with E-state index < -0.39 is 0 Å². The van der Waals surface area contributed by atoms with Crippen molar-refractivity contribution in [2.75, 3.05) is 18.0 Å². The monoisotopic (exact) mass is 246 g/mol. The van der Waals surface area contributed by atoms with Gasteiger partial charge in [0.05, 0.1) is 0 Å². The zero-order valence-corrected chi connectivity index (χ0v) is 10.3. The van der Waals surface area contributed by atoms with Gasteiger partial charge in [-0.3, -0.25) is 0 Å². The van der Waals surface area contributed by atoms with E-state index in [0.717, 1.165) is 24.5 Å². The van der Waals surface area contributed by atoms with Crippen molar-refractivity contribution in [3.8, 4) is 0 Å². The Bertz CT molecular complexity index is 339. The van der Waals surface area contributed by atoms with Crippen molar-refractivity contribution in [2.24, 2.45) is 5.73 Å². The molecule has 2 rings (SSSR count). The van der Waals surface area contributed by atoms with E-state index in [2.05, 4.69) is 11.0 Å². The van der Waals surface area contributed by atoms with E-state index in [1.54, 1.807) is 0 Å². The van der Waals surface area contributed by atoms with Crippen LogP contribution in [0.1, 0.15) is 12.5 Å².